The van der Waals surface area contributed by atoms with E-state index in [0.717, 1.165) is 37.5 Å². The summed E-state index contributed by atoms with van der Waals surface area (Å²) >= 11 is 6.10. The molecule has 0 spiro atoms. The number of piperidine rings is 1. The van der Waals surface area contributed by atoms with Crippen LogP contribution in [0.3, 0.4) is 0 Å². The first-order chi connectivity index (χ1) is 12.6. The van der Waals surface area contributed by atoms with Crippen molar-refractivity contribution >= 4 is 17.5 Å². The third-order valence-corrected chi connectivity index (χ3v) is 5.77. The molecule has 5 nitrogen and oxygen atoms in total. The van der Waals surface area contributed by atoms with E-state index in [4.69, 9.17) is 22.1 Å². The summed E-state index contributed by atoms with van der Waals surface area (Å²) in [7, 11) is 0. The first kappa shape index (κ1) is 17.3. The molecule has 1 atom stereocenters. The summed E-state index contributed by atoms with van der Waals surface area (Å²) in [5, 5.41) is 0.312. The van der Waals surface area contributed by atoms with Crippen molar-refractivity contribution in [1.82, 2.24) is 9.88 Å². The number of amides is 1. The predicted molar refractivity (Wildman–Crippen MR) is 101 cm³/mol. The van der Waals surface area contributed by atoms with Gasteiger partial charge in [-0.15, -0.1) is 0 Å². The topological polar surface area (TPSA) is 68.5 Å². The van der Waals surface area contributed by atoms with Gasteiger partial charge in [-0.05, 0) is 80.1 Å². The zero-order valence-corrected chi connectivity index (χ0v) is 15.3. The van der Waals surface area contributed by atoms with Gasteiger partial charge >= 0.3 is 0 Å². The molecule has 3 fully saturated rings. The molecule has 26 heavy (non-hydrogen) atoms. The van der Waals surface area contributed by atoms with Gasteiger partial charge in [-0.3, -0.25) is 4.79 Å². The highest BCUT2D eigenvalue weighted by Crippen LogP contribution is 2.38. The minimum absolute atomic E-state index is 0.292. The molecular formula is C20H22ClN3O2. The molecule has 3 saturated heterocycles. The van der Waals surface area contributed by atoms with Crippen molar-refractivity contribution in [2.24, 2.45) is 11.7 Å². The molecule has 1 unspecified atom stereocenters. The average Bonchev–Trinajstić information content (AvgIpc) is 2.97. The second kappa shape index (κ2) is 7.25. The Kier molecular flexibility index (Phi) is 4.83. The Morgan fingerprint density at radius 3 is 2.81 bits per heavy atom. The maximum absolute atomic E-state index is 12.0. The van der Waals surface area contributed by atoms with Crippen LogP contribution < -0.4 is 10.5 Å². The third kappa shape index (κ3) is 3.55. The Labute approximate surface area is 158 Å². The number of nitrogens with two attached hydrogens (primary N) is 1. The van der Waals surface area contributed by atoms with Crippen LogP contribution in [0.2, 0.25) is 5.15 Å². The molecule has 0 aliphatic carbocycles. The zero-order valence-electron chi connectivity index (χ0n) is 14.5. The molecule has 1 aromatic carbocycles. The summed E-state index contributed by atoms with van der Waals surface area (Å²) < 4.78 is 5.92. The molecule has 1 amide bonds. The Bertz CT molecular complexity index is 804. The molecule has 3 aliphatic rings. The SMILES string of the molecule is NC(=O)c1ccc(Oc2cccnc2Cl)cc1C1CC2CCN(CC2)C1. The van der Waals surface area contributed by atoms with Gasteiger partial charge in [0.1, 0.15) is 5.75 Å². The van der Waals surface area contributed by atoms with E-state index in [1.54, 1.807) is 30.5 Å². The van der Waals surface area contributed by atoms with Gasteiger partial charge in [0.15, 0.2) is 10.9 Å². The van der Waals surface area contributed by atoms with Crippen molar-refractivity contribution in [2.75, 3.05) is 19.6 Å². The van der Waals surface area contributed by atoms with E-state index in [0.29, 0.717) is 28.1 Å². The van der Waals surface area contributed by atoms with E-state index in [9.17, 15) is 4.79 Å². The highest BCUT2D eigenvalue weighted by Gasteiger charge is 2.31. The smallest absolute Gasteiger partial charge is 0.248 e. The lowest BCUT2D eigenvalue weighted by Crippen LogP contribution is -2.31. The summed E-state index contributed by atoms with van der Waals surface area (Å²) in [5.41, 5.74) is 7.21. The largest absolute Gasteiger partial charge is 0.454 e. The van der Waals surface area contributed by atoms with Crippen LogP contribution in [0.1, 0.15) is 41.1 Å². The number of hydrogen-bond donors (Lipinski definition) is 1. The van der Waals surface area contributed by atoms with Crippen molar-refractivity contribution in [1.29, 1.82) is 0 Å². The maximum Gasteiger partial charge on any atom is 0.248 e. The molecule has 2 N–H and O–H groups in total. The fourth-order valence-electron chi connectivity index (χ4n) is 4.16. The highest BCUT2D eigenvalue weighted by molar-refractivity contribution is 6.30. The quantitative estimate of drug-likeness (QED) is 0.829. The van der Waals surface area contributed by atoms with Crippen LogP contribution in [0.15, 0.2) is 36.5 Å². The number of pyridine rings is 1. The van der Waals surface area contributed by atoms with Crippen LogP contribution >= 0.6 is 11.6 Å². The van der Waals surface area contributed by atoms with E-state index in [1.165, 1.54) is 12.8 Å². The molecule has 136 valence electrons. The van der Waals surface area contributed by atoms with Gasteiger partial charge in [0.25, 0.3) is 0 Å². The minimum atomic E-state index is -0.391. The van der Waals surface area contributed by atoms with Gasteiger partial charge in [-0.25, -0.2) is 4.98 Å². The number of hydrogen-bond acceptors (Lipinski definition) is 4. The number of rotatable bonds is 4. The number of nitrogens with zero attached hydrogens (tertiary/aromatic N) is 2. The minimum Gasteiger partial charge on any atom is -0.454 e. The Morgan fingerprint density at radius 2 is 2.08 bits per heavy atom. The molecular weight excluding hydrogens is 350 g/mol. The van der Waals surface area contributed by atoms with Gasteiger partial charge in [-0.1, -0.05) is 11.6 Å². The van der Waals surface area contributed by atoms with Crippen LogP contribution in [0, 0.1) is 5.92 Å². The standard InChI is InChI=1S/C20H22ClN3O2/c21-19-18(2-1-7-23-19)26-15-3-4-16(20(22)25)17(11-15)14-10-13-5-8-24(12-14)9-6-13/h1-4,7,11,13-14H,5-6,8-10,12H2,(H2,22,25). The number of aromatic nitrogens is 1. The van der Waals surface area contributed by atoms with Crippen molar-refractivity contribution < 1.29 is 9.53 Å². The van der Waals surface area contributed by atoms with Gasteiger partial charge in [-0.2, -0.15) is 0 Å². The van der Waals surface area contributed by atoms with Crippen LogP contribution in [0.25, 0.3) is 0 Å². The first-order valence-corrected chi connectivity index (χ1v) is 9.42. The Morgan fingerprint density at radius 1 is 1.27 bits per heavy atom. The van der Waals surface area contributed by atoms with Gasteiger partial charge in [0.05, 0.1) is 0 Å². The molecule has 4 heterocycles. The predicted octanol–water partition coefficient (Wildman–Crippen LogP) is 3.83. The average molecular weight is 372 g/mol. The molecule has 0 saturated carbocycles. The lowest BCUT2D eigenvalue weighted by atomic mass is 9.85. The maximum atomic E-state index is 12.0. The molecule has 0 radical (unpaired) electrons. The molecule has 3 aliphatic heterocycles. The van der Waals surface area contributed by atoms with E-state index in [1.807, 2.05) is 6.07 Å². The number of ether oxygens (including phenoxy) is 1. The number of carbonyl (C=O) groups is 1. The second-order valence-corrected chi connectivity index (χ2v) is 7.54. The molecule has 5 rings (SSSR count). The lowest BCUT2D eigenvalue weighted by molar-refractivity contribution is 0.0998. The molecule has 1 aromatic heterocycles. The third-order valence-electron chi connectivity index (χ3n) is 5.48. The summed E-state index contributed by atoms with van der Waals surface area (Å²) in [4.78, 5) is 18.5. The first-order valence-electron chi connectivity index (χ1n) is 9.04. The normalized spacial score (nSPS) is 24.9. The summed E-state index contributed by atoms with van der Waals surface area (Å²) in [6, 6.07) is 9.02. The Hall–Kier alpha value is -2.11. The van der Waals surface area contributed by atoms with Crippen LogP contribution in [0.4, 0.5) is 0 Å². The fraction of sp³-hybridized carbons (Fsp3) is 0.400. The van der Waals surface area contributed by atoms with Gasteiger partial charge in [0, 0.05) is 18.3 Å². The number of benzene rings is 1. The van der Waals surface area contributed by atoms with E-state index < -0.39 is 5.91 Å². The van der Waals surface area contributed by atoms with E-state index >= 15 is 0 Å². The van der Waals surface area contributed by atoms with Crippen LogP contribution in [-0.2, 0) is 0 Å². The second-order valence-electron chi connectivity index (χ2n) is 7.18. The van der Waals surface area contributed by atoms with E-state index in [-0.39, 0.29) is 0 Å². The van der Waals surface area contributed by atoms with Crippen molar-refractivity contribution in [3.05, 3.63) is 52.8 Å². The number of fused-ring (bicyclic) bond motifs is 4. The summed E-state index contributed by atoms with van der Waals surface area (Å²) in [6.45, 7) is 3.26. The monoisotopic (exact) mass is 371 g/mol. The van der Waals surface area contributed by atoms with Gasteiger partial charge < -0.3 is 15.4 Å². The van der Waals surface area contributed by atoms with Crippen molar-refractivity contribution in [2.45, 2.75) is 25.2 Å². The summed E-state index contributed by atoms with van der Waals surface area (Å²) in [6.07, 6.45) is 5.19. The number of primary amides is 1. The fourth-order valence-corrected chi connectivity index (χ4v) is 4.32. The molecule has 2 aromatic rings. The highest BCUT2D eigenvalue weighted by atomic mass is 35.5. The van der Waals surface area contributed by atoms with Gasteiger partial charge in [0.2, 0.25) is 5.91 Å². The zero-order chi connectivity index (χ0) is 18.1. The lowest BCUT2D eigenvalue weighted by Gasteiger charge is -2.26. The van der Waals surface area contributed by atoms with Crippen LogP contribution in [-0.4, -0.2) is 35.4 Å². The summed E-state index contributed by atoms with van der Waals surface area (Å²) in [5.74, 6) is 1.76. The number of carbonyl (C=O) groups excluding carboxylic acids is 1. The Balaban J connectivity index is 1.67. The van der Waals surface area contributed by atoms with E-state index in [2.05, 4.69) is 9.88 Å². The van der Waals surface area contributed by atoms with Crippen molar-refractivity contribution in [3.8, 4) is 11.5 Å². The van der Waals surface area contributed by atoms with Crippen LogP contribution in [0.5, 0.6) is 11.5 Å². The van der Waals surface area contributed by atoms with Crippen molar-refractivity contribution in [3.63, 3.8) is 0 Å². The molecule has 2 bridgehead atoms. The number of halogens is 1. The molecule has 6 heteroatoms.